The number of likely N-dealkylation sites (N-methyl/N-ethyl adjacent to an activating group) is 1. The maximum Gasteiger partial charge on any atom is 0.337 e. The predicted molar refractivity (Wildman–Crippen MR) is 68.9 cm³/mol. The molecule has 0 spiro atoms. The minimum Gasteiger partial charge on any atom is -0.478 e. The van der Waals surface area contributed by atoms with Crippen molar-refractivity contribution in [3.63, 3.8) is 0 Å². The Morgan fingerprint density at radius 1 is 1.47 bits per heavy atom. The predicted octanol–water partition coefficient (Wildman–Crippen LogP) is 0.665. The molecule has 19 heavy (non-hydrogen) atoms. The fraction of sp³-hybridized carbons (Fsp3) is 0.385. The van der Waals surface area contributed by atoms with Crippen molar-refractivity contribution < 1.29 is 19.1 Å². The summed E-state index contributed by atoms with van der Waals surface area (Å²) >= 11 is 0. The van der Waals surface area contributed by atoms with Gasteiger partial charge in [0.1, 0.15) is 5.75 Å². The number of benzene rings is 1. The molecule has 6 nitrogen and oxygen atoms in total. The molecular weight excluding hydrogens is 248 g/mol. The smallest absolute Gasteiger partial charge is 0.337 e. The summed E-state index contributed by atoms with van der Waals surface area (Å²) in [6.45, 7) is 0.653. The largest absolute Gasteiger partial charge is 0.478 e. The number of anilines is 1. The van der Waals surface area contributed by atoms with Crippen LogP contribution < -0.4 is 10.5 Å². The molecule has 2 rings (SSSR count). The molecule has 1 aromatic rings. The van der Waals surface area contributed by atoms with Crippen LogP contribution in [-0.2, 0) is 9.53 Å². The van der Waals surface area contributed by atoms with Crippen LogP contribution in [0, 0.1) is 0 Å². The van der Waals surface area contributed by atoms with Crippen LogP contribution in [0.4, 0.5) is 5.69 Å². The molecule has 2 N–H and O–H groups in total. The number of rotatable bonds is 3. The summed E-state index contributed by atoms with van der Waals surface area (Å²) in [5.74, 6) is -0.223. The lowest BCUT2D eigenvalue weighted by Crippen LogP contribution is -2.29. The monoisotopic (exact) mass is 264 g/mol. The minimum absolute atomic E-state index is 0.0807. The summed E-state index contributed by atoms with van der Waals surface area (Å²) in [5, 5.41) is 0. The number of carbonyl (C=O) groups is 2. The molecule has 1 aliphatic heterocycles. The summed E-state index contributed by atoms with van der Waals surface area (Å²) < 4.78 is 10.2. The van der Waals surface area contributed by atoms with Crippen molar-refractivity contribution >= 4 is 17.6 Å². The summed E-state index contributed by atoms with van der Waals surface area (Å²) in [5.41, 5.74) is 6.51. The Bertz CT molecular complexity index is 515. The van der Waals surface area contributed by atoms with E-state index < -0.39 is 12.1 Å². The Hall–Kier alpha value is -2.24. The van der Waals surface area contributed by atoms with Crippen LogP contribution in [0.1, 0.15) is 16.8 Å². The third kappa shape index (κ3) is 2.62. The van der Waals surface area contributed by atoms with Crippen LogP contribution >= 0.6 is 0 Å². The number of amides is 1. The molecule has 1 atom stereocenters. The van der Waals surface area contributed by atoms with Crippen molar-refractivity contribution in [2.75, 3.05) is 26.4 Å². The van der Waals surface area contributed by atoms with E-state index >= 15 is 0 Å². The number of nitrogens with zero attached hydrogens (tertiary/aromatic N) is 1. The van der Waals surface area contributed by atoms with Crippen LogP contribution in [0.25, 0.3) is 0 Å². The van der Waals surface area contributed by atoms with Crippen molar-refractivity contribution in [2.45, 2.75) is 12.5 Å². The Morgan fingerprint density at radius 2 is 2.21 bits per heavy atom. The second kappa shape index (κ2) is 5.17. The van der Waals surface area contributed by atoms with Gasteiger partial charge in [0.2, 0.25) is 0 Å². The van der Waals surface area contributed by atoms with Crippen molar-refractivity contribution in [3.8, 4) is 5.75 Å². The Balaban J connectivity index is 2.20. The quantitative estimate of drug-likeness (QED) is 0.640. The average Bonchev–Trinajstić information content (AvgIpc) is 2.72. The Labute approximate surface area is 111 Å². The van der Waals surface area contributed by atoms with Gasteiger partial charge in [-0.2, -0.15) is 0 Å². The molecule has 0 bridgehead atoms. The zero-order valence-electron chi connectivity index (χ0n) is 10.9. The second-order valence-corrected chi connectivity index (χ2v) is 4.40. The maximum atomic E-state index is 11.8. The fourth-order valence-electron chi connectivity index (χ4n) is 1.93. The third-order valence-corrected chi connectivity index (χ3v) is 3.08. The first-order valence-electron chi connectivity index (χ1n) is 5.92. The SMILES string of the molecule is COC(=O)c1ccc(N)c(OC2CCN(C)C2=O)c1. The number of nitrogen functional groups attached to an aromatic ring is 1. The zero-order valence-corrected chi connectivity index (χ0v) is 10.9. The van der Waals surface area contributed by atoms with E-state index in [1.807, 2.05) is 0 Å². The number of hydrogen-bond acceptors (Lipinski definition) is 5. The van der Waals surface area contributed by atoms with Gasteiger partial charge >= 0.3 is 5.97 Å². The van der Waals surface area contributed by atoms with E-state index in [1.165, 1.54) is 13.2 Å². The lowest BCUT2D eigenvalue weighted by molar-refractivity contribution is -0.132. The molecule has 0 radical (unpaired) electrons. The topological polar surface area (TPSA) is 81.9 Å². The van der Waals surface area contributed by atoms with E-state index in [4.69, 9.17) is 10.5 Å². The lowest BCUT2D eigenvalue weighted by Gasteiger charge is -2.15. The van der Waals surface area contributed by atoms with E-state index in [2.05, 4.69) is 4.74 Å². The van der Waals surface area contributed by atoms with Crippen LogP contribution in [0.5, 0.6) is 5.75 Å². The highest BCUT2D eigenvalue weighted by atomic mass is 16.5. The van der Waals surface area contributed by atoms with Crippen molar-refractivity contribution in [3.05, 3.63) is 23.8 Å². The molecule has 1 heterocycles. The number of ether oxygens (including phenoxy) is 2. The maximum absolute atomic E-state index is 11.8. The third-order valence-electron chi connectivity index (χ3n) is 3.08. The molecule has 102 valence electrons. The first-order valence-corrected chi connectivity index (χ1v) is 5.92. The lowest BCUT2D eigenvalue weighted by atomic mass is 10.2. The standard InChI is InChI=1S/C13H16N2O4/c1-15-6-5-10(12(15)16)19-11-7-8(13(17)18-2)3-4-9(11)14/h3-4,7,10H,5-6,14H2,1-2H3. The van der Waals surface area contributed by atoms with Crippen LogP contribution in [0.3, 0.4) is 0 Å². The Morgan fingerprint density at radius 3 is 2.79 bits per heavy atom. The minimum atomic E-state index is -0.541. The molecular formula is C13H16N2O4. The zero-order chi connectivity index (χ0) is 14.0. The van der Waals surface area contributed by atoms with Gasteiger partial charge in [0.25, 0.3) is 5.91 Å². The van der Waals surface area contributed by atoms with Crippen molar-refractivity contribution in [1.29, 1.82) is 0 Å². The molecule has 0 saturated carbocycles. The first kappa shape index (κ1) is 13.2. The average molecular weight is 264 g/mol. The number of methoxy groups -OCH3 is 1. The highest BCUT2D eigenvalue weighted by Gasteiger charge is 2.31. The molecule has 1 aromatic carbocycles. The van der Waals surface area contributed by atoms with Crippen LogP contribution in [0.2, 0.25) is 0 Å². The van der Waals surface area contributed by atoms with E-state index in [9.17, 15) is 9.59 Å². The number of carbonyl (C=O) groups excluding carboxylic acids is 2. The second-order valence-electron chi connectivity index (χ2n) is 4.40. The Kier molecular flexibility index (Phi) is 3.59. The van der Waals surface area contributed by atoms with E-state index in [0.717, 1.165) is 0 Å². The van der Waals surface area contributed by atoms with Gasteiger partial charge in [-0.05, 0) is 18.2 Å². The molecule has 1 amide bonds. The normalized spacial score (nSPS) is 18.5. The molecule has 0 aromatic heterocycles. The number of nitrogens with two attached hydrogens (primary N) is 1. The van der Waals surface area contributed by atoms with Gasteiger partial charge in [0.15, 0.2) is 6.10 Å². The van der Waals surface area contributed by atoms with Gasteiger partial charge in [-0.3, -0.25) is 4.79 Å². The van der Waals surface area contributed by atoms with Crippen LogP contribution in [0.15, 0.2) is 18.2 Å². The summed E-state index contributed by atoms with van der Waals surface area (Å²) in [6.07, 6.45) is 0.0669. The van der Waals surface area contributed by atoms with E-state index in [1.54, 1.807) is 24.1 Å². The number of hydrogen-bond donors (Lipinski definition) is 1. The fourth-order valence-corrected chi connectivity index (χ4v) is 1.93. The summed E-state index contributed by atoms with van der Waals surface area (Å²) in [7, 11) is 3.02. The van der Waals surface area contributed by atoms with Gasteiger partial charge in [0.05, 0.1) is 18.4 Å². The first-order chi connectivity index (χ1) is 9.02. The van der Waals surface area contributed by atoms with Crippen LogP contribution in [-0.4, -0.2) is 43.6 Å². The van der Waals surface area contributed by atoms with Gasteiger partial charge in [0, 0.05) is 20.0 Å². The number of likely N-dealkylation sites (tertiary alicyclic amines) is 1. The summed E-state index contributed by atoms with van der Waals surface area (Å²) in [4.78, 5) is 24.8. The molecule has 6 heteroatoms. The highest BCUT2D eigenvalue weighted by molar-refractivity contribution is 5.90. The molecule has 1 unspecified atom stereocenters. The van der Waals surface area contributed by atoms with E-state index in [0.29, 0.717) is 30.0 Å². The molecule has 1 fully saturated rings. The van der Waals surface area contributed by atoms with Crippen molar-refractivity contribution in [2.24, 2.45) is 0 Å². The number of esters is 1. The molecule has 1 aliphatic rings. The highest BCUT2D eigenvalue weighted by Crippen LogP contribution is 2.26. The van der Waals surface area contributed by atoms with Gasteiger partial charge in [-0.15, -0.1) is 0 Å². The molecule has 1 saturated heterocycles. The van der Waals surface area contributed by atoms with Crippen molar-refractivity contribution in [1.82, 2.24) is 4.90 Å². The van der Waals surface area contributed by atoms with Gasteiger partial charge < -0.3 is 20.1 Å². The molecule has 0 aliphatic carbocycles. The van der Waals surface area contributed by atoms with Gasteiger partial charge in [-0.1, -0.05) is 0 Å². The van der Waals surface area contributed by atoms with Gasteiger partial charge in [-0.25, -0.2) is 4.79 Å². The summed E-state index contributed by atoms with van der Waals surface area (Å²) in [6, 6.07) is 4.61. The van der Waals surface area contributed by atoms with E-state index in [-0.39, 0.29) is 5.91 Å².